The van der Waals surface area contributed by atoms with Crippen LogP contribution < -0.4 is 4.74 Å². The first-order valence-electron chi connectivity index (χ1n) is 6.67. The van der Waals surface area contributed by atoms with Gasteiger partial charge in [-0.05, 0) is 12.8 Å². The van der Waals surface area contributed by atoms with Gasteiger partial charge in [0, 0.05) is 37.7 Å². The minimum Gasteiger partial charge on any atom is -0.496 e. The maximum Gasteiger partial charge on any atom is 0.259 e. The fraction of sp³-hybridized carbons (Fsp3) is 0.429. The summed E-state index contributed by atoms with van der Waals surface area (Å²) in [6.07, 6.45) is 6.18. The highest BCUT2D eigenvalue weighted by Crippen LogP contribution is 2.23. The van der Waals surface area contributed by atoms with Crippen molar-refractivity contribution in [3.8, 4) is 5.75 Å². The third kappa shape index (κ3) is 2.22. The van der Waals surface area contributed by atoms with Crippen LogP contribution in [0.25, 0.3) is 5.65 Å². The Bertz CT molecular complexity index is 630. The predicted molar refractivity (Wildman–Crippen MR) is 72.9 cm³/mol. The highest BCUT2D eigenvalue weighted by Gasteiger charge is 2.25. The van der Waals surface area contributed by atoms with Crippen molar-refractivity contribution in [3.05, 3.63) is 30.2 Å². The quantitative estimate of drug-likeness (QED) is 0.885. The van der Waals surface area contributed by atoms with Gasteiger partial charge in [-0.1, -0.05) is 0 Å². The van der Waals surface area contributed by atoms with Crippen molar-refractivity contribution in [1.29, 1.82) is 0 Å². The minimum absolute atomic E-state index is 0.0654. The number of aliphatic hydroxyl groups is 1. The van der Waals surface area contributed by atoms with Gasteiger partial charge >= 0.3 is 0 Å². The molecule has 1 aliphatic rings. The highest BCUT2D eigenvalue weighted by atomic mass is 16.5. The van der Waals surface area contributed by atoms with Gasteiger partial charge in [-0.15, -0.1) is 0 Å². The van der Waals surface area contributed by atoms with Gasteiger partial charge in [0.15, 0.2) is 0 Å². The van der Waals surface area contributed by atoms with Gasteiger partial charge in [0.2, 0.25) is 0 Å². The third-order valence-electron chi connectivity index (χ3n) is 3.69. The van der Waals surface area contributed by atoms with Crippen LogP contribution >= 0.6 is 0 Å². The van der Waals surface area contributed by atoms with E-state index in [1.165, 1.54) is 0 Å². The Balaban J connectivity index is 1.93. The van der Waals surface area contributed by atoms with Gasteiger partial charge in [0.05, 0.1) is 18.8 Å². The number of pyridine rings is 1. The summed E-state index contributed by atoms with van der Waals surface area (Å²) in [7, 11) is 1.55. The molecule has 0 spiro atoms. The molecule has 1 aliphatic heterocycles. The Morgan fingerprint density at radius 3 is 2.90 bits per heavy atom. The number of fused-ring (bicyclic) bond motifs is 1. The van der Waals surface area contributed by atoms with E-state index in [1.54, 1.807) is 41.1 Å². The van der Waals surface area contributed by atoms with Crippen LogP contribution in [0.2, 0.25) is 0 Å². The number of nitrogens with zero attached hydrogens (tertiary/aromatic N) is 3. The van der Waals surface area contributed by atoms with Crippen molar-refractivity contribution in [2.75, 3.05) is 20.2 Å². The van der Waals surface area contributed by atoms with Crippen molar-refractivity contribution in [1.82, 2.24) is 14.3 Å². The number of piperidine rings is 1. The Morgan fingerprint density at radius 2 is 2.20 bits per heavy atom. The van der Waals surface area contributed by atoms with E-state index in [4.69, 9.17) is 4.74 Å². The van der Waals surface area contributed by atoms with Crippen LogP contribution in [-0.2, 0) is 0 Å². The molecule has 3 heterocycles. The Hall–Kier alpha value is -2.08. The predicted octanol–water partition coefficient (Wildman–Crippen LogP) is 0.940. The minimum atomic E-state index is -0.294. The fourth-order valence-corrected chi connectivity index (χ4v) is 2.51. The van der Waals surface area contributed by atoms with E-state index < -0.39 is 0 Å². The molecule has 1 fully saturated rings. The summed E-state index contributed by atoms with van der Waals surface area (Å²) in [6.45, 7) is 1.15. The summed E-state index contributed by atoms with van der Waals surface area (Å²) in [4.78, 5) is 18.5. The monoisotopic (exact) mass is 275 g/mol. The van der Waals surface area contributed by atoms with Crippen LogP contribution in [0.4, 0.5) is 0 Å². The molecule has 1 saturated heterocycles. The smallest absolute Gasteiger partial charge is 0.259 e. The van der Waals surface area contributed by atoms with Crippen molar-refractivity contribution >= 4 is 11.6 Å². The summed E-state index contributed by atoms with van der Waals surface area (Å²) < 4.78 is 7.11. The van der Waals surface area contributed by atoms with Crippen LogP contribution in [0.15, 0.2) is 24.7 Å². The molecule has 0 unspecified atom stereocenters. The first kappa shape index (κ1) is 12.9. The molecule has 0 saturated carbocycles. The van der Waals surface area contributed by atoms with Gasteiger partial charge in [-0.3, -0.25) is 4.79 Å². The molecule has 0 bridgehead atoms. The highest BCUT2D eigenvalue weighted by molar-refractivity contribution is 5.97. The maximum atomic E-state index is 12.6. The zero-order valence-corrected chi connectivity index (χ0v) is 11.3. The second kappa shape index (κ2) is 5.13. The molecule has 0 aromatic carbocycles. The lowest BCUT2D eigenvalue weighted by atomic mass is 10.1. The van der Waals surface area contributed by atoms with Crippen molar-refractivity contribution in [3.63, 3.8) is 0 Å². The van der Waals surface area contributed by atoms with E-state index in [-0.39, 0.29) is 12.0 Å². The molecule has 20 heavy (non-hydrogen) atoms. The first-order valence-corrected chi connectivity index (χ1v) is 6.67. The molecule has 3 rings (SSSR count). The number of likely N-dealkylation sites (tertiary alicyclic amines) is 1. The number of ether oxygens (including phenoxy) is 1. The molecule has 6 nitrogen and oxygen atoms in total. The standard InChI is InChI=1S/C14H17N3O3/c1-20-12-8-13-15-4-7-17(13)9-11(12)14(19)16-5-2-10(18)3-6-16/h4,7-10,18H,2-3,5-6H2,1H3. The molecule has 2 aromatic rings. The zero-order chi connectivity index (χ0) is 14.1. The number of aromatic nitrogens is 2. The summed E-state index contributed by atoms with van der Waals surface area (Å²) in [5.41, 5.74) is 1.27. The van der Waals surface area contributed by atoms with E-state index in [9.17, 15) is 9.90 Å². The fourth-order valence-electron chi connectivity index (χ4n) is 2.51. The average molecular weight is 275 g/mol. The second-order valence-corrected chi connectivity index (χ2v) is 4.97. The van der Waals surface area contributed by atoms with Crippen LogP contribution in [0.1, 0.15) is 23.2 Å². The number of amides is 1. The first-order chi connectivity index (χ1) is 9.69. The summed E-state index contributed by atoms with van der Waals surface area (Å²) in [5.74, 6) is 0.462. The van der Waals surface area contributed by atoms with E-state index in [0.717, 1.165) is 5.65 Å². The van der Waals surface area contributed by atoms with Crippen LogP contribution in [-0.4, -0.2) is 51.6 Å². The SMILES string of the molecule is COc1cc2nccn2cc1C(=O)N1CCC(O)CC1. The summed E-state index contributed by atoms with van der Waals surface area (Å²) >= 11 is 0. The van der Waals surface area contributed by atoms with E-state index >= 15 is 0 Å². The van der Waals surface area contributed by atoms with Crippen molar-refractivity contribution in [2.24, 2.45) is 0 Å². The number of aliphatic hydroxyl groups excluding tert-OH is 1. The topological polar surface area (TPSA) is 67.1 Å². The molecule has 1 amide bonds. The average Bonchev–Trinajstić information content (AvgIpc) is 2.93. The summed E-state index contributed by atoms with van der Waals surface area (Å²) in [5, 5.41) is 9.52. The normalized spacial score (nSPS) is 16.6. The molecule has 106 valence electrons. The van der Waals surface area contributed by atoms with Gasteiger partial charge in [0.25, 0.3) is 5.91 Å². The van der Waals surface area contributed by atoms with Crippen LogP contribution in [0, 0.1) is 0 Å². The molecular weight excluding hydrogens is 258 g/mol. The van der Waals surface area contributed by atoms with E-state index in [1.807, 2.05) is 0 Å². The number of carbonyl (C=O) groups is 1. The van der Waals surface area contributed by atoms with Gasteiger partial charge in [-0.2, -0.15) is 0 Å². The van der Waals surface area contributed by atoms with Crippen molar-refractivity contribution in [2.45, 2.75) is 18.9 Å². The van der Waals surface area contributed by atoms with Gasteiger partial charge < -0.3 is 19.1 Å². The number of carbonyl (C=O) groups excluding carboxylic acids is 1. The number of hydrogen-bond donors (Lipinski definition) is 1. The third-order valence-corrected chi connectivity index (χ3v) is 3.69. The number of imidazole rings is 1. The number of methoxy groups -OCH3 is 1. The van der Waals surface area contributed by atoms with Crippen LogP contribution in [0.5, 0.6) is 5.75 Å². The lowest BCUT2D eigenvalue weighted by molar-refractivity contribution is 0.0543. The Kier molecular flexibility index (Phi) is 3.31. The molecule has 6 heteroatoms. The second-order valence-electron chi connectivity index (χ2n) is 4.97. The molecule has 0 aliphatic carbocycles. The largest absolute Gasteiger partial charge is 0.496 e. The molecule has 0 atom stereocenters. The summed E-state index contributed by atoms with van der Waals surface area (Å²) in [6, 6.07) is 1.76. The number of hydrogen-bond acceptors (Lipinski definition) is 4. The van der Waals surface area contributed by atoms with Crippen LogP contribution in [0.3, 0.4) is 0 Å². The molecule has 0 radical (unpaired) electrons. The number of rotatable bonds is 2. The Morgan fingerprint density at radius 1 is 1.45 bits per heavy atom. The lowest BCUT2D eigenvalue weighted by Crippen LogP contribution is -2.40. The maximum absolute atomic E-state index is 12.6. The van der Waals surface area contributed by atoms with Gasteiger partial charge in [-0.25, -0.2) is 4.98 Å². The molecule has 1 N–H and O–H groups in total. The lowest BCUT2D eigenvalue weighted by Gasteiger charge is -2.30. The van der Waals surface area contributed by atoms with Crippen molar-refractivity contribution < 1.29 is 14.6 Å². The Labute approximate surface area is 116 Å². The molecule has 2 aromatic heterocycles. The van der Waals surface area contributed by atoms with E-state index in [0.29, 0.717) is 37.2 Å². The zero-order valence-electron chi connectivity index (χ0n) is 11.3. The van der Waals surface area contributed by atoms with Gasteiger partial charge in [0.1, 0.15) is 11.4 Å². The van der Waals surface area contributed by atoms with E-state index in [2.05, 4.69) is 4.98 Å². The molecular formula is C14H17N3O3.